The van der Waals surface area contributed by atoms with Crippen molar-refractivity contribution in [2.75, 3.05) is 5.32 Å². The summed E-state index contributed by atoms with van der Waals surface area (Å²) in [6, 6.07) is 21.0. The number of amides is 2. The third kappa shape index (κ3) is 6.11. The average molecular weight is 512 g/mol. The first-order valence-electron chi connectivity index (χ1n) is 10.6. The maximum atomic E-state index is 12.5. The summed E-state index contributed by atoms with van der Waals surface area (Å²) in [5, 5.41) is 15.9. The topological polar surface area (TPSA) is 71.8 Å². The molecule has 0 fully saturated rings. The fourth-order valence-corrected chi connectivity index (χ4v) is 4.53. The Morgan fingerprint density at radius 2 is 1.74 bits per heavy atom. The summed E-state index contributed by atoms with van der Waals surface area (Å²) in [6.07, 6.45) is 0. The van der Waals surface area contributed by atoms with Gasteiger partial charge in [-0.2, -0.15) is 0 Å². The number of anilines is 1. The van der Waals surface area contributed by atoms with Crippen molar-refractivity contribution in [2.45, 2.75) is 31.3 Å². The highest BCUT2D eigenvalue weighted by Crippen LogP contribution is 2.27. The van der Waals surface area contributed by atoms with Crippen LogP contribution in [-0.4, -0.2) is 20.8 Å². The Balaban J connectivity index is 1.51. The largest absolute Gasteiger partial charge is 0.331 e. The number of urea groups is 1. The molecule has 1 aromatic heterocycles. The summed E-state index contributed by atoms with van der Waals surface area (Å²) >= 11 is 13.6. The molecule has 0 saturated carbocycles. The van der Waals surface area contributed by atoms with E-state index in [9.17, 15) is 4.79 Å². The molecule has 2 N–H and O–H groups in total. The standard InChI is InChI=1S/C25H23Cl2N5OS/c1-16-6-9-20(10-7-16)32-23(14-28-24(33)29-19-8-11-21(26)22(27)13-19)30-31-25(32)34-15-18-5-3-4-17(2)12-18/h3-13H,14-15H2,1-2H3,(H2,28,29,33). The number of hydrogen-bond acceptors (Lipinski definition) is 4. The highest BCUT2D eigenvalue weighted by molar-refractivity contribution is 7.98. The molecular weight excluding hydrogens is 489 g/mol. The van der Waals surface area contributed by atoms with Crippen molar-refractivity contribution >= 4 is 46.7 Å². The molecule has 3 aromatic carbocycles. The van der Waals surface area contributed by atoms with E-state index in [0.29, 0.717) is 21.6 Å². The fourth-order valence-electron chi connectivity index (χ4n) is 3.32. The molecule has 0 aliphatic carbocycles. The summed E-state index contributed by atoms with van der Waals surface area (Å²) in [6.45, 7) is 4.31. The average Bonchev–Trinajstić information content (AvgIpc) is 3.22. The molecule has 0 bridgehead atoms. The van der Waals surface area contributed by atoms with Gasteiger partial charge in [-0.3, -0.25) is 4.57 Å². The van der Waals surface area contributed by atoms with Crippen molar-refractivity contribution in [1.82, 2.24) is 20.1 Å². The SMILES string of the molecule is Cc1ccc(-n2c(CNC(=O)Nc3ccc(Cl)c(Cl)c3)nnc2SCc2cccc(C)c2)cc1. The number of nitrogens with one attached hydrogen (secondary N) is 2. The van der Waals surface area contributed by atoms with Crippen LogP contribution in [0.1, 0.15) is 22.5 Å². The molecule has 0 unspecified atom stereocenters. The van der Waals surface area contributed by atoms with Gasteiger partial charge >= 0.3 is 6.03 Å². The number of rotatable bonds is 7. The number of carbonyl (C=O) groups is 1. The highest BCUT2D eigenvalue weighted by Gasteiger charge is 2.16. The number of thioether (sulfide) groups is 1. The lowest BCUT2D eigenvalue weighted by atomic mass is 10.2. The minimum atomic E-state index is -0.384. The van der Waals surface area contributed by atoms with Crippen molar-refractivity contribution in [2.24, 2.45) is 0 Å². The van der Waals surface area contributed by atoms with Crippen LogP contribution in [0.15, 0.2) is 71.9 Å². The van der Waals surface area contributed by atoms with E-state index in [4.69, 9.17) is 23.2 Å². The van der Waals surface area contributed by atoms with E-state index in [-0.39, 0.29) is 12.6 Å². The Morgan fingerprint density at radius 1 is 0.941 bits per heavy atom. The van der Waals surface area contributed by atoms with Gasteiger partial charge in [0.15, 0.2) is 11.0 Å². The van der Waals surface area contributed by atoms with Gasteiger partial charge in [0.2, 0.25) is 0 Å². The first-order valence-corrected chi connectivity index (χ1v) is 12.3. The van der Waals surface area contributed by atoms with Crippen molar-refractivity contribution in [3.8, 4) is 5.69 Å². The monoisotopic (exact) mass is 511 g/mol. The normalized spacial score (nSPS) is 10.8. The highest BCUT2D eigenvalue weighted by atomic mass is 35.5. The molecule has 0 saturated heterocycles. The number of aromatic nitrogens is 3. The molecule has 0 spiro atoms. The molecule has 2 amide bonds. The molecule has 174 valence electrons. The molecule has 34 heavy (non-hydrogen) atoms. The number of benzene rings is 3. The molecule has 0 aliphatic heterocycles. The van der Waals surface area contributed by atoms with Gasteiger partial charge in [0.25, 0.3) is 0 Å². The Labute approximate surface area is 212 Å². The van der Waals surface area contributed by atoms with Crippen molar-refractivity contribution in [1.29, 1.82) is 0 Å². The minimum Gasteiger partial charge on any atom is -0.331 e. The summed E-state index contributed by atoms with van der Waals surface area (Å²) in [5.41, 5.74) is 5.07. The van der Waals surface area contributed by atoms with E-state index >= 15 is 0 Å². The second-order valence-corrected chi connectivity index (χ2v) is 9.54. The third-order valence-electron chi connectivity index (χ3n) is 5.03. The molecule has 1 heterocycles. The van der Waals surface area contributed by atoms with Gasteiger partial charge in [0.1, 0.15) is 0 Å². The van der Waals surface area contributed by atoms with Gasteiger partial charge in [-0.05, 0) is 49.7 Å². The molecule has 0 atom stereocenters. The van der Waals surface area contributed by atoms with Crippen LogP contribution in [0.3, 0.4) is 0 Å². The van der Waals surface area contributed by atoms with Crippen LogP contribution < -0.4 is 10.6 Å². The van der Waals surface area contributed by atoms with E-state index in [1.165, 1.54) is 11.1 Å². The molecular formula is C25H23Cl2N5OS. The summed E-state index contributed by atoms with van der Waals surface area (Å²) < 4.78 is 1.97. The zero-order valence-corrected chi connectivity index (χ0v) is 21.0. The van der Waals surface area contributed by atoms with E-state index in [0.717, 1.165) is 22.2 Å². The van der Waals surface area contributed by atoms with Gasteiger partial charge in [-0.1, -0.05) is 82.5 Å². The van der Waals surface area contributed by atoms with Crippen LogP contribution in [0.2, 0.25) is 10.0 Å². The Morgan fingerprint density at radius 3 is 2.47 bits per heavy atom. The lowest BCUT2D eigenvalue weighted by molar-refractivity contribution is 0.251. The van der Waals surface area contributed by atoms with Crippen LogP contribution in [-0.2, 0) is 12.3 Å². The number of carbonyl (C=O) groups excluding carboxylic acids is 1. The molecule has 9 heteroatoms. The fraction of sp³-hybridized carbons (Fsp3) is 0.160. The van der Waals surface area contributed by atoms with E-state index in [2.05, 4.69) is 52.0 Å². The van der Waals surface area contributed by atoms with Gasteiger partial charge in [0.05, 0.1) is 16.6 Å². The van der Waals surface area contributed by atoms with E-state index in [1.54, 1.807) is 30.0 Å². The quantitative estimate of drug-likeness (QED) is 0.267. The Kier molecular flexibility index (Phi) is 7.77. The van der Waals surface area contributed by atoms with E-state index in [1.807, 2.05) is 35.8 Å². The van der Waals surface area contributed by atoms with E-state index < -0.39 is 0 Å². The smallest absolute Gasteiger partial charge is 0.319 e. The third-order valence-corrected chi connectivity index (χ3v) is 6.77. The first kappa shape index (κ1) is 24.1. The van der Waals surface area contributed by atoms with Crippen molar-refractivity contribution in [3.05, 3.63) is 99.3 Å². The summed E-state index contributed by atoms with van der Waals surface area (Å²) in [5.74, 6) is 1.39. The molecule has 4 rings (SSSR count). The number of hydrogen-bond donors (Lipinski definition) is 2. The summed E-state index contributed by atoms with van der Waals surface area (Å²) in [4.78, 5) is 12.5. The lowest BCUT2D eigenvalue weighted by Crippen LogP contribution is -2.29. The molecule has 6 nitrogen and oxygen atoms in total. The predicted molar refractivity (Wildman–Crippen MR) is 139 cm³/mol. The second kappa shape index (κ2) is 11.0. The maximum absolute atomic E-state index is 12.5. The van der Waals surface area contributed by atoms with Gasteiger partial charge in [-0.15, -0.1) is 10.2 Å². The minimum absolute atomic E-state index is 0.193. The first-order chi connectivity index (χ1) is 16.4. The van der Waals surface area contributed by atoms with Gasteiger partial charge < -0.3 is 10.6 Å². The van der Waals surface area contributed by atoms with Gasteiger partial charge in [0, 0.05) is 17.1 Å². The zero-order chi connectivity index (χ0) is 24.1. The number of halogens is 2. The van der Waals surface area contributed by atoms with Crippen LogP contribution in [0.25, 0.3) is 5.69 Å². The molecule has 0 radical (unpaired) electrons. The van der Waals surface area contributed by atoms with Crippen molar-refractivity contribution < 1.29 is 4.79 Å². The predicted octanol–water partition coefficient (Wildman–Crippen LogP) is 6.80. The zero-order valence-electron chi connectivity index (χ0n) is 18.7. The van der Waals surface area contributed by atoms with Crippen molar-refractivity contribution in [3.63, 3.8) is 0 Å². The van der Waals surface area contributed by atoms with Crippen LogP contribution in [0.4, 0.5) is 10.5 Å². The van der Waals surface area contributed by atoms with Crippen LogP contribution >= 0.6 is 35.0 Å². The number of nitrogens with zero attached hydrogens (tertiary/aromatic N) is 3. The molecule has 0 aliphatic rings. The lowest BCUT2D eigenvalue weighted by Gasteiger charge is -2.12. The van der Waals surface area contributed by atoms with Crippen LogP contribution in [0, 0.1) is 13.8 Å². The Hall–Kier alpha value is -3.00. The maximum Gasteiger partial charge on any atom is 0.319 e. The Bertz CT molecular complexity index is 1310. The van der Waals surface area contributed by atoms with Crippen LogP contribution in [0.5, 0.6) is 0 Å². The molecule has 4 aromatic rings. The van der Waals surface area contributed by atoms with Gasteiger partial charge in [-0.25, -0.2) is 4.79 Å². The number of aryl methyl sites for hydroxylation is 2. The second-order valence-electron chi connectivity index (χ2n) is 7.78. The summed E-state index contributed by atoms with van der Waals surface area (Å²) in [7, 11) is 0.